The summed E-state index contributed by atoms with van der Waals surface area (Å²) >= 11 is 3.06. The van der Waals surface area contributed by atoms with E-state index in [0.717, 1.165) is 55.8 Å². The average Bonchev–Trinajstić information content (AvgIpc) is 3.20. The molecule has 0 aromatic heterocycles. The normalized spacial score (nSPS) is 16.8. The van der Waals surface area contributed by atoms with Crippen LogP contribution in [-0.2, 0) is 16.2 Å². The molecule has 0 aliphatic carbocycles. The average molecular weight is 657 g/mol. The predicted octanol–water partition coefficient (Wildman–Crippen LogP) is 6.47. The zero-order valence-corrected chi connectivity index (χ0v) is 24.6. The monoisotopic (exact) mass is 656 g/mol. The second-order valence-electron chi connectivity index (χ2n) is 9.40. The van der Waals surface area contributed by atoms with Gasteiger partial charge < -0.3 is 14.4 Å². The maximum atomic E-state index is 13.1. The first-order valence-corrected chi connectivity index (χ1v) is 14.9. The van der Waals surface area contributed by atoms with Crippen LogP contribution in [0.2, 0.25) is 0 Å². The van der Waals surface area contributed by atoms with Gasteiger partial charge in [-0.2, -0.15) is 0 Å². The van der Waals surface area contributed by atoms with Gasteiger partial charge in [0.15, 0.2) is 11.5 Å². The lowest BCUT2D eigenvalue weighted by Gasteiger charge is -2.27. The molecule has 2 heterocycles. The molecule has 39 heavy (non-hydrogen) atoms. The Balaban J connectivity index is 1.34. The Kier molecular flexibility index (Phi) is 8.76. The minimum absolute atomic E-state index is 0.181. The third kappa shape index (κ3) is 6.24. The van der Waals surface area contributed by atoms with E-state index in [1.165, 1.54) is 0 Å². The zero-order chi connectivity index (χ0) is 27.4. The van der Waals surface area contributed by atoms with Crippen LogP contribution in [0.5, 0.6) is 11.5 Å². The number of benzene rings is 3. The molecule has 3 aromatic rings. The molecule has 3 aromatic carbocycles. The maximum absolute atomic E-state index is 13.1. The van der Waals surface area contributed by atoms with Crippen LogP contribution in [0.15, 0.2) is 59.5 Å². The molecule has 2 saturated heterocycles. The number of ether oxygens (including phenoxy) is 2. The fraction of sp³-hybridized carbons (Fsp3) is 0.300. The highest BCUT2D eigenvalue weighted by Crippen LogP contribution is 2.38. The van der Waals surface area contributed by atoms with E-state index in [1.54, 1.807) is 11.0 Å². The first-order valence-electron chi connectivity index (χ1n) is 13.0. The van der Waals surface area contributed by atoms with E-state index in [0.29, 0.717) is 43.4 Å². The molecule has 0 unspecified atom stereocenters. The molecule has 0 radical (unpaired) electrons. The van der Waals surface area contributed by atoms with Crippen LogP contribution in [0.25, 0.3) is 16.8 Å². The van der Waals surface area contributed by atoms with Gasteiger partial charge in [0.1, 0.15) is 13.2 Å². The van der Waals surface area contributed by atoms with Crippen LogP contribution in [0.1, 0.15) is 37.3 Å². The smallest absolute Gasteiger partial charge is 0.294 e. The summed E-state index contributed by atoms with van der Waals surface area (Å²) in [5.74, 6) is 0.567. The Bertz CT molecular complexity index is 1450. The number of halogens is 1. The SMILES string of the molecule is CCOc1cc(/C=C2/SC(=O)N(CC(=O)N3CCCCC3)C2=O)cc(I)c1OCc1cccc2ccccc12. The number of amides is 3. The zero-order valence-electron chi connectivity index (χ0n) is 21.7. The third-order valence-corrected chi connectivity index (χ3v) is 8.47. The molecule has 5 rings (SSSR count). The summed E-state index contributed by atoms with van der Waals surface area (Å²) in [5, 5.41) is 1.87. The Hall–Kier alpha value is -3.05. The largest absolute Gasteiger partial charge is 0.490 e. The van der Waals surface area contributed by atoms with E-state index in [9.17, 15) is 14.4 Å². The van der Waals surface area contributed by atoms with Crippen molar-refractivity contribution in [2.45, 2.75) is 32.8 Å². The lowest BCUT2D eigenvalue weighted by Crippen LogP contribution is -2.44. The number of piperidine rings is 1. The molecule has 0 atom stereocenters. The Morgan fingerprint density at radius 2 is 1.79 bits per heavy atom. The van der Waals surface area contributed by atoms with Gasteiger partial charge in [-0.15, -0.1) is 0 Å². The fourth-order valence-corrected chi connectivity index (χ4v) is 6.43. The number of nitrogens with zero attached hydrogens (tertiary/aromatic N) is 2. The minimum Gasteiger partial charge on any atom is -0.490 e. The van der Waals surface area contributed by atoms with Crippen LogP contribution in [0.4, 0.5) is 4.79 Å². The van der Waals surface area contributed by atoms with Crippen molar-refractivity contribution in [2.24, 2.45) is 0 Å². The molecular weight excluding hydrogens is 627 g/mol. The van der Waals surface area contributed by atoms with Crippen molar-refractivity contribution in [1.29, 1.82) is 0 Å². The first-order chi connectivity index (χ1) is 18.9. The number of likely N-dealkylation sites (tertiary alicyclic amines) is 1. The lowest BCUT2D eigenvalue weighted by atomic mass is 10.1. The number of fused-ring (bicyclic) bond motifs is 1. The van der Waals surface area contributed by atoms with E-state index in [4.69, 9.17) is 9.47 Å². The molecule has 2 aliphatic rings. The molecule has 0 N–H and O–H groups in total. The summed E-state index contributed by atoms with van der Waals surface area (Å²) in [5.41, 5.74) is 1.79. The number of hydrogen-bond acceptors (Lipinski definition) is 6. The number of rotatable bonds is 8. The van der Waals surface area contributed by atoms with Crippen molar-refractivity contribution in [1.82, 2.24) is 9.80 Å². The molecule has 7 nitrogen and oxygen atoms in total. The summed E-state index contributed by atoms with van der Waals surface area (Å²) in [7, 11) is 0. The summed E-state index contributed by atoms with van der Waals surface area (Å²) in [6, 6.07) is 18.1. The van der Waals surface area contributed by atoms with Crippen LogP contribution >= 0.6 is 34.4 Å². The molecule has 9 heteroatoms. The minimum atomic E-state index is -0.445. The fourth-order valence-electron chi connectivity index (χ4n) is 4.81. The number of hydrogen-bond donors (Lipinski definition) is 0. The van der Waals surface area contributed by atoms with Gasteiger partial charge in [-0.05, 0) is 101 Å². The van der Waals surface area contributed by atoms with Gasteiger partial charge in [0.2, 0.25) is 5.91 Å². The van der Waals surface area contributed by atoms with Gasteiger partial charge in [-0.25, -0.2) is 0 Å². The number of carbonyl (C=O) groups excluding carboxylic acids is 3. The van der Waals surface area contributed by atoms with Crippen LogP contribution in [0, 0.1) is 3.57 Å². The Morgan fingerprint density at radius 3 is 2.59 bits per heavy atom. The van der Waals surface area contributed by atoms with Crippen molar-refractivity contribution < 1.29 is 23.9 Å². The number of imide groups is 1. The summed E-state index contributed by atoms with van der Waals surface area (Å²) in [4.78, 5) is 41.4. The van der Waals surface area contributed by atoms with Gasteiger partial charge in [-0.1, -0.05) is 42.5 Å². The highest BCUT2D eigenvalue weighted by Gasteiger charge is 2.37. The lowest BCUT2D eigenvalue weighted by molar-refractivity contribution is -0.136. The standard InChI is InChI=1S/C30H29IN2O5S/c1-2-37-25-16-20(15-24(31)28(25)38-19-22-11-8-10-21-9-4-5-12-23(21)22)17-26-29(35)33(30(36)39-26)18-27(34)32-13-6-3-7-14-32/h4-5,8-12,15-17H,2-3,6-7,13-14,18-19H2,1H3/b26-17+. The van der Waals surface area contributed by atoms with E-state index in [-0.39, 0.29) is 17.4 Å². The van der Waals surface area contributed by atoms with Crippen LogP contribution < -0.4 is 9.47 Å². The van der Waals surface area contributed by atoms with E-state index in [2.05, 4.69) is 46.9 Å². The topological polar surface area (TPSA) is 76.2 Å². The van der Waals surface area contributed by atoms with Crippen molar-refractivity contribution in [3.05, 3.63) is 74.2 Å². The Morgan fingerprint density at radius 1 is 1.03 bits per heavy atom. The summed E-state index contributed by atoms with van der Waals surface area (Å²) in [6.07, 6.45) is 4.69. The second kappa shape index (κ2) is 12.4. The molecular formula is C30H29IN2O5S. The molecule has 202 valence electrons. The van der Waals surface area contributed by atoms with Crippen molar-refractivity contribution in [3.63, 3.8) is 0 Å². The van der Waals surface area contributed by atoms with Gasteiger partial charge in [0.05, 0.1) is 15.1 Å². The molecule has 0 saturated carbocycles. The van der Waals surface area contributed by atoms with Crippen LogP contribution in [0.3, 0.4) is 0 Å². The third-order valence-electron chi connectivity index (χ3n) is 6.76. The van der Waals surface area contributed by atoms with Gasteiger partial charge in [0, 0.05) is 13.1 Å². The van der Waals surface area contributed by atoms with Gasteiger partial charge in [0.25, 0.3) is 11.1 Å². The number of thioether (sulfide) groups is 1. The second-order valence-corrected chi connectivity index (χ2v) is 11.6. The summed E-state index contributed by atoms with van der Waals surface area (Å²) in [6.45, 7) is 3.86. The van der Waals surface area contributed by atoms with E-state index < -0.39 is 11.1 Å². The molecule has 2 aliphatic heterocycles. The molecule has 3 amide bonds. The number of carbonyl (C=O) groups is 3. The van der Waals surface area contributed by atoms with Crippen molar-refractivity contribution >= 4 is 68.3 Å². The van der Waals surface area contributed by atoms with Crippen molar-refractivity contribution in [3.8, 4) is 11.5 Å². The van der Waals surface area contributed by atoms with E-state index >= 15 is 0 Å². The molecule has 0 spiro atoms. The quantitative estimate of drug-likeness (QED) is 0.205. The van der Waals surface area contributed by atoms with E-state index in [1.807, 2.05) is 37.3 Å². The van der Waals surface area contributed by atoms with Crippen LogP contribution in [-0.4, -0.2) is 53.1 Å². The van der Waals surface area contributed by atoms with Crippen molar-refractivity contribution in [2.75, 3.05) is 26.2 Å². The first kappa shape index (κ1) is 27.5. The highest BCUT2D eigenvalue weighted by atomic mass is 127. The maximum Gasteiger partial charge on any atom is 0.294 e. The van der Waals surface area contributed by atoms with Gasteiger partial charge in [-0.3, -0.25) is 19.3 Å². The Labute approximate surface area is 245 Å². The van der Waals surface area contributed by atoms with Gasteiger partial charge >= 0.3 is 0 Å². The summed E-state index contributed by atoms with van der Waals surface area (Å²) < 4.78 is 13.0. The highest BCUT2D eigenvalue weighted by molar-refractivity contribution is 14.1. The molecule has 2 fully saturated rings. The predicted molar refractivity (Wildman–Crippen MR) is 162 cm³/mol. The molecule has 0 bridgehead atoms.